The van der Waals surface area contributed by atoms with Crippen molar-refractivity contribution < 1.29 is 0 Å². The maximum absolute atomic E-state index is 5.78. The number of nitrogens with two attached hydrogens (primary N) is 1. The highest BCUT2D eigenvalue weighted by atomic mass is 35.5. The number of hydrogen-bond acceptors (Lipinski definition) is 2. The smallest absolute Gasteiger partial charge is 0.140 e. The first kappa shape index (κ1) is 10.4. The zero-order valence-electron chi connectivity index (χ0n) is 8.29. The van der Waals surface area contributed by atoms with E-state index in [1.807, 2.05) is 0 Å². The van der Waals surface area contributed by atoms with E-state index in [0.29, 0.717) is 22.7 Å². The summed E-state index contributed by atoms with van der Waals surface area (Å²) in [5.41, 5.74) is 5.72. The lowest BCUT2D eigenvalue weighted by Gasteiger charge is -2.15. The molecule has 0 saturated heterocycles. The fourth-order valence-electron chi connectivity index (χ4n) is 1.00. The van der Waals surface area contributed by atoms with Gasteiger partial charge in [-0.15, -0.1) is 0 Å². The van der Waals surface area contributed by atoms with Gasteiger partial charge in [0.05, 0.1) is 6.20 Å². The molecule has 4 heteroatoms. The summed E-state index contributed by atoms with van der Waals surface area (Å²) in [6, 6.07) is 0. The first-order valence-corrected chi connectivity index (χ1v) is 4.87. The van der Waals surface area contributed by atoms with Crippen LogP contribution in [0.1, 0.15) is 20.8 Å². The Bertz CT molecular complexity index is 280. The van der Waals surface area contributed by atoms with Gasteiger partial charge in [-0.2, -0.15) is 5.10 Å². The van der Waals surface area contributed by atoms with Gasteiger partial charge >= 0.3 is 0 Å². The Morgan fingerprint density at radius 1 is 1.54 bits per heavy atom. The van der Waals surface area contributed by atoms with Crippen molar-refractivity contribution >= 4 is 17.4 Å². The van der Waals surface area contributed by atoms with Crippen molar-refractivity contribution in [3.05, 3.63) is 11.2 Å². The molecule has 0 fully saturated rings. The summed E-state index contributed by atoms with van der Waals surface area (Å²) in [6.45, 7) is 7.38. The SMILES string of the molecule is CC(C)C(C)Cn1ncc(Cl)c1N. The van der Waals surface area contributed by atoms with Crippen LogP contribution in [0.3, 0.4) is 0 Å². The largest absolute Gasteiger partial charge is 0.383 e. The molecule has 2 N–H and O–H groups in total. The average Bonchev–Trinajstić information content (AvgIpc) is 2.36. The van der Waals surface area contributed by atoms with Gasteiger partial charge in [-0.05, 0) is 11.8 Å². The molecule has 0 amide bonds. The van der Waals surface area contributed by atoms with E-state index in [-0.39, 0.29) is 0 Å². The minimum atomic E-state index is 0.538. The van der Waals surface area contributed by atoms with Gasteiger partial charge in [0.1, 0.15) is 10.8 Å². The highest BCUT2D eigenvalue weighted by molar-refractivity contribution is 6.32. The topological polar surface area (TPSA) is 43.8 Å². The predicted octanol–water partition coefficient (Wildman–Crippen LogP) is 2.41. The van der Waals surface area contributed by atoms with Crippen LogP contribution in [0.15, 0.2) is 6.20 Å². The van der Waals surface area contributed by atoms with Crippen molar-refractivity contribution in [3.8, 4) is 0 Å². The van der Waals surface area contributed by atoms with E-state index in [2.05, 4.69) is 25.9 Å². The van der Waals surface area contributed by atoms with Crippen molar-refractivity contribution in [2.75, 3.05) is 5.73 Å². The number of hydrogen-bond donors (Lipinski definition) is 1. The zero-order valence-corrected chi connectivity index (χ0v) is 9.04. The fraction of sp³-hybridized carbons (Fsp3) is 0.667. The van der Waals surface area contributed by atoms with Gasteiger partial charge in [-0.25, -0.2) is 4.68 Å². The van der Waals surface area contributed by atoms with Crippen molar-refractivity contribution in [2.24, 2.45) is 11.8 Å². The van der Waals surface area contributed by atoms with E-state index in [4.69, 9.17) is 17.3 Å². The molecule has 0 aliphatic heterocycles. The minimum absolute atomic E-state index is 0.538. The van der Waals surface area contributed by atoms with E-state index < -0.39 is 0 Å². The van der Waals surface area contributed by atoms with Crippen LogP contribution >= 0.6 is 11.6 Å². The van der Waals surface area contributed by atoms with E-state index in [9.17, 15) is 0 Å². The zero-order chi connectivity index (χ0) is 10.0. The molecule has 0 aliphatic rings. The second kappa shape index (κ2) is 4.01. The second-order valence-electron chi connectivity index (χ2n) is 3.78. The van der Waals surface area contributed by atoms with Crippen LogP contribution in [0.4, 0.5) is 5.82 Å². The molecule has 3 nitrogen and oxygen atoms in total. The number of aromatic nitrogens is 2. The summed E-state index contributed by atoms with van der Waals surface area (Å²) in [4.78, 5) is 0. The Kier molecular flexibility index (Phi) is 3.20. The summed E-state index contributed by atoms with van der Waals surface area (Å²) < 4.78 is 1.76. The summed E-state index contributed by atoms with van der Waals surface area (Å²) in [6.07, 6.45) is 1.59. The third-order valence-corrected chi connectivity index (χ3v) is 2.72. The van der Waals surface area contributed by atoms with Crippen molar-refractivity contribution in [1.29, 1.82) is 0 Å². The second-order valence-corrected chi connectivity index (χ2v) is 4.19. The summed E-state index contributed by atoms with van der Waals surface area (Å²) in [5.74, 6) is 1.75. The van der Waals surface area contributed by atoms with Gasteiger partial charge in [0, 0.05) is 6.54 Å². The van der Waals surface area contributed by atoms with Gasteiger partial charge in [0.25, 0.3) is 0 Å². The van der Waals surface area contributed by atoms with Crippen molar-refractivity contribution in [2.45, 2.75) is 27.3 Å². The van der Waals surface area contributed by atoms with Gasteiger partial charge in [0.2, 0.25) is 0 Å². The Balaban J connectivity index is 2.69. The van der Waals surface area contributed by atoms with Crippen molar-refractivity contribution in [1.82, 2.24) is 9.78 Å². The average molecular weight is 202 g/mol. The molecule has 1 heterocycles. The molecule has 0 bridgehead atoms. The van der Waals surface area contributed by atoms with Crippen LogP contribution in [-0.4, -0.2) is 9.78 Å². The van der Waals surface area contributed by atoms with Crippen molar-refractivity contribution in [3.63, 3.8) is 0 Å². The monoisotopic (exact) mass is 201 g/mol. The van der Waals surface area contributed by atoms with E-state index in [1.54, 1.807) is 10.9 Å². The summed E-state index contributed by atoms with van der Waals surface area (Å²) in [5, 5.41) is 4.64. The molecule has 0 spiro atoms. The number of halogens is 1. The minimum Gasteiger partial charge on any atom is -0.383 e. The van der Waals surface area contributed by atoms with E-state index >= 15 is 0 Å². The lowest BCUT2D eigenvalue weighted by molar-refractivity contribution is 0.351. The highest BCUT2D eigenvalue weighted by Gasteiger charge is 2.11. The fourth-order valence-corrected chi connectivity index (χ4v) is 1.14. The summed E-state index contributed by atoms with van der Waals surface area (Å²) in [7, 11) is 0. The lowest BCUT2D eigenvalue weighted by Crippen LogP contribution is -2.15. The Hall–Kier alpha value is -0.700. The Labute approximate surface area is 83.9 Å². The molecular formula is C9H16ClN3. The summed E-state index contributed by atoms with van der Waals surface area (Å²) >= 11 is 5.78. The molecule has 0 aromatic carbocycles. The first-order chi connectivity index (χ1) is 6.02. The molecule has 1 atom stereocenters. The number of nitrogen functional groups attached to an aromatic ring is 1. The molecule has 1 aromatic heterocycles. The van der Waals surface area contributed by atoms with Crippen LogP contribution < -0.4 is 5.73 Å². The molecule has 0 saturated carbocycles. The predicted molar refractivity (Wildman–Crippen MR) is 55.7 cm³/mol. The molecule has 74 valence electrons. The van der Waals surface area contributed by atoms with Crippen LogP contribution in [-0.2, 0) is 6.54 Å². The van der Waals surface area contributed by atoms with Crippen LogP contribution in [0, 0.1) is 11.8 Å². The third kappa shape index (κ3) is 2.37. The first-order valence-electron chi connectivity index (χ1n) is 4.49. The third-order valence-electron chi connectivity index (χ3n) is 2.43. The normalized spacial score (nSPS) is 13.6. The van der Waals surface area contributed by atoms with Crippen LogP contribution in [0.2, 0.25) is 5.02 Å². The van der Waals surface area contributed by atoms with Crippen LogP contribution in [0.5, 0.6) is 0 Å². The lowest BCUT2D eigenvalue weighted by atomic mass is 9.98. The Morgan fingerprint density at radius 2 is 2.15 bits per heavy atom. The molecule has 13 heavy (non-hydrogen) atoms. The number of anilines is 1. The van der Waals surface area contributed by atoms with Gasteiger partial charge in [-0.3, -0.25) is 0 Å². The maximum atomic E-state index is 5.78. The van der Waals surface area contributed by atoms with Gasteiger partial charge in [-0.1, -0.05) is 32.4 Å². The molecule has 1 rings (SSSR count). The molecule has 0 radical (unpaired) electrons. The maximum Gasteiger partial charge on any atom is 0.140 e. The number of rotatable bonds is 3. The van der Waals surface area contributed by atoms with Gasteiger partial charge in [0.15, 0.2) is 0 Å². The quantitative estimate of drug-likeness (QED) is 0.817. The molecule has 0 aliphatic carbocycles. The molecule has 1 unspecified atom stereocenters. The van der Waals surface area contributed by atoms with E-state index in [0.717, 1.165) is 6.54 Å². The van der Waals surface area contributed by atoms with Gasteiger partial charge < -0.3 is 5.73 Å². The van der Waals surface area contributed by atoms with Crippen LogP contribution in [0.25, 0.3) is 0 Å². The number of nitrogens with zero attached hydrogens (tertiary/aromatic N) is 2. The standard InChI is InChI=1S/C9H16ClN3/c1-6(2)7(3)5-13-9(11)8(10)4-12-13/h4,6-7H,5,11H2,1-3H3. The molecule has 1 aromatic rings. The molecular weight excluding hydrogens is 186 g/mol. The van der Waals surface area contributed by atoms with E-state index in [1.165, 1.54) is 0 Å². The Morgan fingerprint density at radius 3 is 2.54 bits per heavy atom. The highest BCUT2D eigenvalue weighted by Crippen LogP contribution is 2.20.